The molecule has 3 aliphatic rings. The Labute approximate surface area is 257 Å². The van der Waals surface area contributed by atoms with Gasteiger partial charge in [-0.1, -0.05) is 47.5 Å². The van der Waals surface area contributed by atoms with E-state index in [2.05, 4.69) is 10.2 Å². The second-order valence-electron chi connectivity index (χ2n) is 12.1. The minimum Gasteiger partial charge on any atom is -0.345 e. The normalized spacial score (nSPS) is 19.7. The van der Waals surface area contributed by atoms with Crippen LogP contribution in [0.15, 0.2) is 60.7 Å². The number of nitrogens with zero attached hydrogens (tertiary/aromatic N) is 2. The van der Waals surface area contributed by atoms with E-state index >= 15 is 0 Å². The fraction of sp³-hybridized carbons (Fsp3) is 0.412. The van der Waals surface area contributed by atoms with Gasteiger partial charge in [-0.3, -0.25) is 9.59 Å². The highest BCUT2D eigenvalue weighted by Gasteiger charge is 2.42. The minimum absolute atomic E-state index is 0.0752. The highest BCUT2D eigenvalue weighted by molar-refractivity contribution is 6.43. The summed E-state index contributed by atoms with van der Waals surface area (Å²) in [6.45, 7) is 4.75. The van der Waals surface area contributed by atoms with Crippen LogP contribution in [0.4, 0.5) is 4.39 Å². The molecule has 220 valence electrons. The molecule has 6 rings (SSSR count). The van der Waals surface area contributed by atoms with Gasteiger partial charge in [-0.2, -0.15) is 0 Å². The van der Waals surface area contributed by atoms with E-state index in [4.69, 9.17) is 23.2 Å². The number of carbonyl (C=O) groups excluding carboxylic acids is 2. The molecule has 2 saturated heterocycles. The van der Waals surface area contributed by atoms with Crippen molar-refractivity contribution < 1.29 is 14.0 Å². The molecule has 42 heavy (non-hydrogen) atoms. The van der Waals surface area contributed by atoms with Crippen LogP contribution in [0.2, 0.25) is 10.0 Å². The molecule has 0 bridgehead atoms. The molecule has 0 radical (unpaired) electrons. The molecule has 2 heterocycles. The second-order valence-corrected chi connectivity index (χ2v) is 12.9. The van der Waals surface area contributed by atoms with Crippen LogP contribution < -0.4 is 5.32 Å². The largest absolute Gasteiger partial charge is 0.345 e. The summed E-state index contributed by atoms with van der Waals surface area (Å²) >= 11 is 12.4. The number of likely N-dealkylation sites (tertiary alicyclic amines) is 2. The Hall–Kier alpha value is -2.93. The summed E-state index contributed by atoms with van der Waals surface area (Å²) in [4.78, 5) is 31.2. The summed E-state index contributed by atoms with van der Waals surface area (Å²) in [7, 11) is 0. The zero-order valence-electron chi connectivity index (χ0n) is 23.7. The maximum absolute atomic E-state index is 13.6. The summed E-state index contributed by atoms with van der Waals surface area (Å²) in [5, 5.41) is 3.70. The van der Waals surface area contributed by atoms with Crippen LogP contribution in [0, 0.1) is 11.2 Å². The van der Waals surface area contributed by atoms with Gasteiger partial charge in [0.15, 0.2) is 0 Å². The number of rotatable bonds is 7. The third kappa shape index (κ3) is 6.22. The zero-order chi connectivity index (χ0) is 29.3. The molecule has 2 aliphatic heterocycles. The molecule has 0 saturated carbocycles. The quantitative estimate of drug-likeness (QED) is 0.311. The van der Waals surface area contributed by atoms with Gasteiger partial charge in [0.05, 0.1) is 21.7 Å². The number of hydrogen-bond donors (Lipinski definition) is 1. The predicted molar refractivity (Wildman–Crippen MR) is 165 cm³/mol. The number of aryl methyl sites for hydroxylation is 2. The topological polar surface area (TPSA) is 52.7 Å². The van der Waals surface area contributed by atoms with Gasteiger partial charge < -0.3 is 15.1 Å². The van der Waals surface area contributed by atoms with Crippen molar-refractivity contribution in [1.29, 1.82) is 0 Å². The molecule has 1 atom stereocenters. The number of halogens is 3. The Bertz CT molecular complexity index is 1470. The zero-order valence-corrected chi connectivity index (χ0v) is 25.2. The lowest BCUT2D eigenvalue weighted by atomic mass is 9.77. The summed E-state index contributed by atoms with van der Waals surface area (Å²) in [5.74, 6) is -0.375. The van der Waals surface area contributed by atoms with Crippen molar-refractivity contribution in [2.24, 2.45) is 5.41 Å². The van der Waals surface area contributed by atoms with Crippen molar-refractivity contribution in [3.63, 3.8) is 0 Å². The summed E-state index contributed by atoms with van der Waals surface area (Å²) < 4.78 is 13.1. The van der Waals surface area contributed by atoms with Crippen LogP contribution in [0.5, 0.6) is 0 Å². The number of amides is 2. The first kappa shape index (κ1) is 29.2. The smallest absolute Gasteiger partial charge is 0.253 e. The first-order valence-corrected chi connectivity index (χ1v) is 15.7. The van der Waals surface area contributed by atoms with Crippen molar-refractivity contribution in [3.05, 3.63) is 104 Å². The molecule has 2 fully saturated rings. The standard InChI is InChI=1S/C34H36Cl2FN3O2/c35-29-5-1-4-27(31(29)36)32(41)38-30-13-10-24-8-9-25(21-28(24)30)33(42)40-20-16-34(22-40)14-18-39(19-15-34)17-2-3-23-6-11-26(37)12-7-23/h1,4-9,11-12,21,30H,2-3,10,13-20,22H2,(H,38,41). The van der Waals surface area contributed by atoms with Crippen LogP contribution in [0.25, 0.3) is 0 Å². The van der Waals surface area contributed by atoms with Crippen molar-refractivity contribution >= 4 is 35.0 Å². The maximum Gasteiger partial charge on any atom is 0.253 e. The van der Waals surface area contributed by atoms with E-state index in [1.807, 2.05) is 35.2 Å². The molecule has 1 N–H and O–H groups in total. The molecule has 1 aliphatic carbocycles. The average Bonchev–Trinajstić information content (AvgIpc) is 3.60. The van der Waals surface area contributed by atoms with Crippen molar-refractivity contribution in [2.75, 3.05) is 32.7 Å². The van der Waals surface area contributed by atoms with Crippen molar-refractivity contribution in [1.82, 2.24) is 15.1 Å². The van der Waals surface area contributed by atoms with Crippen LogP contribution in [0.3, 0.4) is 0 Å². The Balaban J connectivity index is 1.03. The highest BCUT2D eigenvalue weighted by atomic mass is 35.5. The molecule has 8 heteroatoms. The molecule has 5 nitrogen and oxygen atoms in total. The van der Waals surface area contributed by atoms with Gasteiger partial charge in [-0.25, -0.2) is 4.39 Å². The Morgan fingerprint density at radius 1 is 0.976 bits per heavy atom. The Kier molecular flexibility index (Phi) is 8.58. The van der Waals surface area contributed by atoms with Crippen molar-refractivity contribution in [2.45, 2.75) is 51.0 Å². The number of benzene rings is 3. The molecule has 3 aromatic carbocycles. The average molecular weight is 609 g/mol. The molecule has 0 aromatic heterocycles. The SMILES string of the molecule is O=C(NC1CCc2ccc(C(=O)N3CCC4(CCN(CCCc5ccc(F)cc5)CC4)C3)cc21)c1cccc(Cl)c1Cl. The predicted octanol–water partition coefficient (Wildman–Crippen LogP) is 7.11. The van der Waals surface area contributed by atoms with E-state index in [1.165, 1.54) is 23.3 Å². The molecule has 3 aromatic rings. The van der Waals surface area contributed by atoms with E-state index in [1.54, 1.807) is 18.2 Å². The molecule has 1 spiro atoms. The summed E-state index contributed by atoms with van der Waals surface area (Å²) in [5.41, 5.74) is 4.60. The molecular formula is C34H36Cl2FN3O2. The molecule has 2 amide bonds. The maximum atomic E-state index is 13.6. The highest BCUT2D eigenvalue weighted by Crippen LogP contribution is 2.41. The Morgan fingerprint density at radius 3 is 2.52 bits per heavy atom. The van der Waals surface area contributed by atoms with Gasteiger partial charge in [0.2, 0.25) is 0 Å². The first-order valence-electron chi connectivity index (χ1n) is 14.9. The van der Waals surface area contributed by atoms with Crippen LogP contribution >= 0.6 is 23.2 Å². The van der Waals surface area contributed by atoms with Gasteiger partial charge in [0.1, 0.15) is 5.82 Å². The minimum atomic E-state index is -0.264. The molecule has 1 unspecified atom stereocenters. The third-order valence-corrected chi connectivity index (χ3v) is 10.3. The number of hydrogen-bond acceptors (Lipinski definition) is 3. The van der Waals surface area contributed by atoms with Crippen LogP contribution in [-0.4, -0.2) is 54.3 Å². The fourth-order valence-electron chi connectivity index (χ4n) is 6.91. The van der Waals surface area contributed by atoms with E-state index in [0.29, 0.717) is 16.1 Å². The van der Waals surface area contributed by atoms with Gasteiger partial charge in [-0.05, 0) is 123 Å². The van der Waals surface area contributed by atoms with Crippen LogP contribution in [0.1, 0.15) is 75.6 Å². The van der Waals surface area contributed by atoms with Crippen molar-refractivity contribution in [3.8, 4) is 0 Å². The first-order chi connectivity index (χ1) is 20.3. The van der Waals surface area contributed by atoms with E-state index in [-0.39, 0.29) is 34.1 Å². The Morgan fingerprint density at radius 2 is 1.74 bits per heavy atom. The summed E-state index contributed by atoms with van der Waals surface area (Å²) in [6.07, 6.45) is 6.93. The lowest BCUT2D eigenvalue weighted by molar-refractivity contribution is 0.0719. The summed E-state index contributed by atoms with van der Waals surface area (Å²) in [6, 6.07) is 17.6. The molecular weight excluding hydrogens is 572 g/mol. The number of fused-ring (bicyclic) bond motifs is 1. The van der Waals surface area contributed by atoms with Gasteiger partial charge in [0.25, 0.3) is 11.8 Å². The van der Waals surface area contributed by atoms with Gasteiger partial charge >= 0.3 is 0 Å². The fourth-order valence-corrected chi connectivity index (χ4v) is 7.29. The van der Waals surface area contributed by atoms with Gasteiger partial charge in [0, 0.05) is 18.7 Å². The third-order valence-electron chi connectivity index (χ3n) is 9.47. The monoisotopic (exact) mass is 607 g/mol. The number of piperidine rings is 1. The lowest BCUT2D eigenvalue weighted by Crippen LogP contribution is -2.42. The van der Waals surface area contributed by atoms with E-state index < -0.39 is 0 Å². The van der Waals surface area contributed by atoms with Gasteiger partial charge in [-0.15, -0.1) is 0 Å². The lowest BCUT2D eigenvalue weighted by Gasteiger charge is -2.39. The van der Waals surface area contributed by atoms with E-state index in [9.17, 15) is 14.0 Å². The van der Waals surface area contributed by atoms with Crippen LogP contribution in [-0.2, 0) is 12.8 Å². The van der Waals surface area contributed by atoms with E-state index in [0.717, 1.165) is 83.2 Å². The number of nitrogens with one attached hydrogen (secondary N) is 1. The number of carbonyl (C=O) groups is 2. The second kappa shape index (κ2) is 12.4.